The van der Waals surface area contributed by atoms with Crippen LogP contribution >= 0.6 is 11.6 Å². The summed E-state index contributed by atoms with van der Waals surface area (Å²) in [5, 5.41) is 3.44. The SMILES string of the molecule is Fc1c[c]c(Nc2ncccc2Cl)cc1. The van der Waals surface area contributed by atoms with Crippen molar-refractivity contribution in [2.45, 2.75) is 0 Å². The smallest absolute Gasteiger partial charge is 0.149 e. The molecule has 1 aromatic heterocycles. The van der Waals surface area contributed by atoms with Gasteiger partial charge < -0.3 is 5.32 Å². The summed E-state index contributed by atoms with van der Waals surface area (Å²) in [6, 6.07) is 10.4. The van der Waals surface area contributed by atoms with Gasteiger partial charge in [0, 0.05) is 18.0 Å². The molecule has 15 heavy (non-hydrogen) atoms. The molecule has 0 atom stereocenters. The highest BCUT2D eigenvalue weighted by Gasteiger charge is 2.00. The van der Waals surface area contributed by atoms with Gasteiger partial charge in [-0.15, -0.1) is 0 Å². The molecule has 0 fully saturated rings. The van der Waals surface area contributed by atoms with Crippen molar-refractivity contribution in [2.24, 2.45) is 0 Å². The highest BCUT2D eigenvalue weighted by atomic mass is 35.5. The molecule has 0 amide bonds. The van der Waals surface area contributed by atoms with E-state index in [4.69, 9.17) is 11.6 Å². The van der Waals surface area contributed by atoms with Crippen LogP contribution in [-0.2, 0) is 0 Å². The molecule has 2 rings (SSSR count). The Morgan fingerprint density at radius 2 is 2.20 bits per heavy atom. The largest absolute Gasteiger partial charge is 0.338 e. The maximum atomic E-state index is 12.6. The van der Waals surface area contributed by atoms with Crippen LogP contribution in [0, 0.1) is 11.9 Å². The number of aromatic nitrogens is 1. The minimum Gasteiger partial charge on any atom is -0.338 e. The summed E-state index contributed by atoms with van der Waals surface area (Å²) < 4.78 is 12.6. The average molecular weight is 222 g/mol. The summed E-state index contributed by atoms with van der Waals surface area (Å²) in [5.41, 5.74) is 0.622. The highest BCUT2D eigenvalue weighted by Crippen LogP contribution is 2.21. The second-order valence-corrected chi connectivity index (χ2v) is 3.29. The zero-order chi connectivity index (χ0) is 10.7. The van der Waals surface area contributed by atoms with E-state index < -0.39 is 0 Å². The Kier molecular flexibility index (Phi) is 2.83. The van der Waals surface area contributed by atoms with Crippen molar-refractivity contribution in [3.05, 3.63) is 53.4 Å². The molecule has 0 bridgehead atoms. The molecule has 0 aliphatic rings. The molecule has 1 heterocycles. The standard InChI is InChI=1S/C11H7ClFN2/c12-10-2-1-7-14-11(10)15-9-5-3-8(13)4-6-9/h1-5,7H,(H,14,15). The second kappa shape index (κ2) is 4.28. The van der Waals surface area contributed by atoms with Crippen LogP contribution in [0.2, 0.25) is 5.02 Å². The van der Waals surface area contributed by atoms with Gasteiger partial charge in [-0.2, -0.15) is 0 Å². The van der Waals surface area contributed by atoms with E-state index in [9.17, 15) is 4.39 Å². The zero-order valence-corrected chi connectivity index (χ0v) is 8.42. The van der Waals surface area contributed by atoms with Gasteiger partial charge in [0.1, 0.15) is 11.6 Å². The van der Waals surface area contributed by atoms with Gasteiger partial charge in [-0.25, -0.2) is 9.37 Å². The van der Waals surface area contributed by atoms with Gasteiger partial charge in [0.15, 0.2) is 0 Å². The molecular weight excluding hydrogens is 215 g/mol. The van der Waals surface area contributed by atoms with Gasteiger partial charge in [-0.3, -0.25) is 0 Å². The fourth-order valence-corrected chi connectivity index (χ4v) is 1.26. The number of halogens is 2. The number of rotatable bonds is 2. The average Bonchev–Trinajstić information content (AvgIpc) is 2.25. The van der Waals surface area contributed by atoms with Crippen molar-refractivity contribution in [2.75, 3.05) is 5.32 Å². The number of anilines is 2. The Hall–Kier alpha value is -1.61. The van der Waals surface area contributed by atoms with Crippen LogP contribution in [0.15, 0.2) is 36.5 Å². The van der Waals surface area contributed by atoms with E-state index in [1.807, 2.05) is 0 Å². The summed E-state index contributed by atoms with van der Waals surface area (Å²) in [7, 11) is 0. The predicted octanol–water partition coefficient (Wildman–Crippen LogP) is 3.42. The van der Waals surface area contributed by atoms with E-state index in [0.29, 0.717) is 16.5 Å². The van der Waals surface area contributed by atoms with Crippen LogP contribution in [0.3, 0.4) is 0 Å². The molecule has 1 N–H and O–H groups in total. The van der Waals surface area contributed by atoms with E-state index in [-0.39, 0.29) is 5.82 Å². The molecule has 0 aliphatic carbocycles. The van der Waals surface area contributed by atoms with E-state index in [1.54, 1.807) is 24.4 Å². The van der Waals surface area contributed by atoms with Crippen LogP contribution in [-0.4, -0.2) is 4.98 Å². The topological polar surface area (TPSA) is 24.9 Å². The van der Waals surface area contributed by atoms with Gasteiger partial charge in [0.05, 0.1) is 5.02 Å². The molecule has 1 aromatic carbocycles. The van der Waals surface area contributed by atoms with Crippen LogP contribution in [0.1, 0.15) is 0 Å². The van der Waals surface area contributed by atoms with Crippen molar-refractivity contribution < 1.29 is 4.39 Å². The molecule has 0 saturated heterocycles. The Morgan fingerprint density at radius 3 is 2.87 bits per heavy atom. The van der Waals surface area contributed by atoms with Crippen molar-refractivity contribution in [3.63, 3.8) is 0 Å². The number of hydrogen-bond donors (Lipinski definition) is 1. The molecule has 75 valence electrons. The first-order chi connectivity index (χ1) is 7.25. The second-order valence-electron chi connectivity index (χ2n) is 2.88. The molecule has 1 radical (unpaired) electrons. The van der Waals surface area contributed by atoms with Crippen LogP contribution in [0.4, 0.5) is 15.9 Å². The molecular formula is C11H7ClFN2. The minimum absolute atomic E-state index is 0.326. The van der Waals surface area contributed by atoms with Crippen LogP contribution < -0.4 is 5.32 Å². The van der Waals surface area contributed by atoms with Crippen LogP contribution in [0.5, 0.6) is 0 Å². The van der Waals surface area contributed by atoms with Crippen molar-refractivity contribution in [1.29, 1.82) is 0 Å². The highest BCUT2D eigenvalue weighted by molar-refractivity contribution is 6.33. The molecule has 4 heteroatoms. The molecule has 2 nitrogen and oxygen atoms in total. The van der Waals surface area contributed by atoms with Crippen LogP contribution in [0.25, 0.3) is 0 Å². The van der Waals surface area contributed by atoms with Gasteiger partial charge in [0.2, 0.25) is 0 Å². The quantitative estimate of drug-likeness (QED) is 0.841. The maximum absolute atomic E-state index is 12.6. The Morgan fingerprint density at radius 1 is 1.33 bits per heavy atom. The van der Waals surface area contributed by atoms with Crippen molar-refractivity contribution >= 4 is 23.1 Å². The number of hydrogen-bond acceptors (Lipinski definition) is 2. The van der Waals surface area contributed by atoms with Gasteiger partial charge in [-0.1, -0.05) is 11.6 Å². The molecule has 2 aromatic rings. The molecule has 0 unspecified atom stereocenters. The van der Waals surface area contributed by atoms with Gasteiger partial charge >= 0.3 is 0 Å². The van der Waals surface area contributed by atoms with E-state index in [2.05, 4.69) is 16.4 Å². The zero-order valence-electron chi connectivity index (χ0n) is 7.67. The number of nitrogens with zero attached hydrogens (tertiary/aromatic N) is 1. The molecule has 0 spiro atoms. The molecule has 0 saturated carbocycles. The lowest BCUT2D eigenvalue weighted by molar-refractivity contribution is 0.628. The summed E-state index contributed by atoms with van der Waals surface area (Å²) in [6.07, 6.45) is 1.62. The molecule has 0 aliphatic heterocycles. The summed E-state index contributed by atoms with van der Waals surface area (Å²) in [4.78, 5) is 4.04. The predicted molar refractivity (Wildman–Crippen MR) is 57.8 cm³/mol. The Balaban J connectivity index is 2.22. The number of benzene rings is 1. The summed E-state index contributed by atoms with van der Waals surface area (Å²) >= 11 is 5.89. The summed E-state index contributed by atoms with van der Waals surface area (Å²) in [5.74, 6) is 0.203. The summed E-state index contributed by atoms with van der Waals surface area (Å²) in [6.45, 7) is 0. The van der Waals surface area contributed by atoms with E-state index >= 15 is 0 Å². The first kappa shape index (κ1) is 9.93. The Bertz CT molecular complexity index is 456. The van der Waals surface area contributed by atoms with Gasteiger partial charge in [0.25, 0.3) is 0 Å². The lowest BCUT2D eigenvalue weighted by atomic mass is 10.3. The monoisotopic (exact) mass is 221 g/mol. The third-order valence-electron chi connectivity index (χ3n) is 1.79. The van der Waals surface area contributed by atoms with E-state index in [0.717, 1.165) is 0 Å². The number of pyridine rings is 1. The first-order valence-electron chi connectivity index (χ1n) is 4.30. The first-order valence-corrected chi connectivity index (χ1v) is 4.68. The Labute approximate surface area is 91.7 Å². The maximum Gasteiger partial charge on any atom is 0.149 e. The normalized spacial score (nSPS) is 10.0. The van der Waals surface area contributed by atoms with Crippen molar-refractivity contribution in [1.82, 2.24) is 4.98 Å². The third kappa shape index (κ3) is 2.44. The lowest BCUT2D eigenvalue weighted by Crippen LogP contribution is -1.93. The van der Waals surface area contributed by atoms with Crippen molar-refractivity contribution in [3.8, 4) is 0 Å². The fraction of sp³-hybridized carbons (Fsp3) is 0. The lowest BCUT2D eigenvalue weighted by Gasteiger charge is -2.05. The third-order valence-corrected chi connectivity index (χ3v) is 2.09. The fourth-order valence-electron chi connectivity index (χ4n) is 1.09. The van der Waals surface area contributed by atoms with Gasteiger partial charge in [-0.05, 0) is 30.3 Å². The number of nitrogens with one attached hydrogen (secondary N) is 1. The van der Waals surface area contributed by atoms with E-state index in [1.165, 1.54) is 12.1 Å². The minimum atomic E-state index is -0.326.